The van der Waals surface area contributed by atoms with Gasteiger partial charge in [0, 0.05) is 81.9 Å². The Hall–Kier alpha value is -9.06. The van der Waals surface area contributed by atoms with Crippen LogP contribution < -0.4 is 31.9 Å². The number of carbonyl (C=O) groups is 14. The Labute approximate surface area is 623 Å². The van der Waals surface area contributed by atoms with Crippen LogP contribution in [0.3, 0.4) is 0 Å². The molecule has 107 heavy (non-hydrogen) atoms. The maximum atomic E-state index is 15.7. The van der Waals surface area contributed by atoms with E-state index in [1.165, 1.54) is 58.9 Å². The van der Waals surface area contributed by atoms with Crippen molar-refractivity contribution in [3.05, 3.63) is 119 Å². The van der Waals surface area contributed by atoms with E-state index in [1.54, 1.807) is 94.4 Å². The number of aliphatic hydroxyl groups is 3. The third-order valence-corrected chi connectivity index (χ3v) is 21.3. The number of amides is 4. The van der Waals surface area contributed by atoms with Crippen LogP contribution in [0, 0.1) is 22.7 Å². The molecule has 3 aromatic carbocycles. The van der Waals surface area contributed by atoms with Gasteiger partial charge in [0.05, 0.1) is 67.3 Å². The van der Waals surface area contributed by atoms with Gasteiger partial charge in [0.2, 0.25) is 23.8 Å². The number of ether oxygens (including phenoxy) is 5. The van der Waals surface area contributed by atoms with Gasteiger partial charge in [-0.05, 0) is 121 Å². The summed E-state index contributed by atoms with van der Waals surface area (Å²) in [6.45, 7) is 13.7. The Morgan fingerprint density at radius 2 is 1.19 bits per heavy atom. The number of hydrogen-bond donors (Lipinski definition) is 9. The van der Waals surface area contributed by atoms with Gasteiger partial charge in [-0.15, -0.1) is 0 Å². The van der Waals surface area contributed by atoms with Crippen molar-refractivity contribution in [2.75, 3.05) is 32.8 Å². The van der Waals surface area contributed by atoms with Crippen LogP contribution in [-0.4, -0.2) is 196 Å². The number of carbonyl (C=O) groups excluding carboxylic acids is 14. The predicted molar refractivity (Wildman–Crippen MR) is 386 cm³/mol. The van der Waals surface area contributed by atoms with Crippen LogP contribution in [0.1, 0.15) is 191 Å². The summed E-state index contributed by atoms with van der Waals surface area (Å²) in [4.78, 5) is 190. The molecule has 3 fully saturated rings. The number of Topliss-reactive ketones (excluding diaryl/α,β-unsaturated/α-hetero) is 6. The quantitative estimate of drug-likeness (QED) is 0.0163. The fourth-order valence-corrected chi connectivity index (χ4v) is 15.3. The van der Waals surface area contributed by atoms with Crippen LogP contribution in [0.4, 0.5) is 0 Å². The molecule has 3 aliphatic carbocycles. The molecular formula is C79H104N6O22. The molecule has 15 atom stereocenters. The SMILES string of the molecule is CC(=O)CCC(=O)NCCCCC(NCC(=O)[C@H](CCCCNC(=O)CCC(C)=O)NCC(=O)C(NC(=O)CCC(=O)O[C@@H](C(=O)OC1C[C@@]2(O)[C@@H](OC(=O)c3ccccc3)[C@H]3[C@](C)(C(=O)[C@H](C)C(=C1C)C2(C)C)[C@@H](O)CC1OC[C@]13OC(C)=O)[C@@H](NC(=O)c1ccccc1)c1ccccc1)C(C)O)C(C)=O. The van der Waals surface area contributed by atoms with Crippen LogP contribution in [0.5, 0.6) is 0 Å². The second-order valence-corrected chi connectivity index (χ2v) is 29.3. The Kier molecular flexibility index (Phi) is 30.4. The zero-order chi connectivity index (χ0) is 78.7. The van der Waals surface area contributed by atoms with Gasteiger partial charge in [-0.1, -0.05) is 87.5 Å². The van der Waals surface area contributed by atoms with E-state index in [0.717, 1.165) is 6.92 Å². The highest BCUT2D eigenvalue weighted by molar-refractivity contribution is 5.96. The topological polar surface area (TPSA) is 418 Å². The standard InChI is InChI=1S/C79H104N6O22/c1-45(86)32-34-62(94)80-38-22-20-30-55(49(5)88)82-42-57(91)56(31-21-23-39-81-63(95)35-33-46(2)87)83-43-58(92)67(50(6)89)84-64(96)36-37-65(97)105-69(68(52-24-14-11-15-25-52)85-73(99)53-26-16-12-17-27-53)75(101)104-59-41-79(102)72(106-74(100)54-28-18-13-19-29-54)70-77(10,71(98)48(4)66(47(59)3)76(79,8)9)60(93)40-61-78(70,44-103-61)107-51(7)90/h11-19,24-29,48,50,55-56,59-61,67-70,72,82-83,89,93,102H,20-23,30-44H2,1-10H3,(H,80,94)(H,81,95)(H,84,96)(H,85,99)/t48-,50?,55?,56+,59?,60+,61?,67?,68+,69-,70+,72+,77-,78+,79-/m1/s1. The van der Waals surface area contributed by atoms with Crippen molar-refractivity contribution in [2.45, 2.75) is 231 Å². The summed E-state index contributed by atoms with van der Waals surface area (Å²) in [6, 6.07) is 18.6. The van der Waals surface area contributed by atoms with Crippen LogP contribution in [0.2, 0.25) is 0 Å². The van der Waals surface area contributed by atoms with Gasteiger partial charge < -0.3 is 80.5 Å². The fraction of sp³-hybridized carbons (Fsp3) is 0.570. The first-order valence-electron chi connectivity index (χ1n) is 36.6. The zero-order valence-electron chi connectivity index (χ0n) is 62.6. The van der Waals surface area contributed by atoms with Gasteiger partial charge in [-0.2, -0.15) is 0 Å². The van der Waals surface area contributed by atoms with E-state index < -0.39 is 174 Å². The summed E-state index contributed by atoms with van der Waals surface area (Å²) >= 11 is 0. The molecule has 1 aliphatic heterocycles. The molecule has 28 nitrogen and oxygen atoms in total. The highest BCUT2D eigenvalue weighted by Crippen LogP contribution is 2.65. The molecule has 582 valence electrons. The summed E-state index contributed by atoms with van der Waals surface area (Å²) in [5, 5.41) is 54.0. The lowest BCUT2D eigenvalue weighted by Crippen LogP contribution is -2.81. The minimum absolute atomic E-state index is 0.00145. The Morgan fingerprint density at radius 1 is 0.654 bits per heavy atom. The number of nitrogens with one attached hydrogen (secondary N) is 6. The highest BCUT2D eigenvalue weighted by Gasteiger charge is 2.78. The molecule has 4 amide bonds. The molecule has 2 saturated carbocycles. The van der Waals surface area contributed by atoms with Gasteiger partial charge in [-0.3, -0.25) is 47.9 Å². The Balaban J connectivity index is 1.13. The van der Waals surface area contributed by atoms with Crippen LogP contribution >= 0.6 is 0 Å². The summed E-state index contributed by atoms with van der Waals surface area (Å²) < 4.78 is 31.2. The monoisotopic (exact) mass is 1490 g/mol. The molecule has 0 radical (unpaired) electrons. The molecule has 28 heteroatoms. The molecule has 0 spiro atoms. The summed E-state index contributed by atoms with van der Waals surface area (Å²) in [5.74, 6) is -11.6. The van der Waals surface area contributed by atoms with E-state index in [2.05, 4.69) is 31.9 Å². The highest BCUT2D eigenvalue weighted by atomic mass is 16.6. The van der Waals surface area contributed by atoms with Gasteiger partial charge in [0.25, 0.3) is 5.91 Å². The van der Waals surface area contributed by atoms with Crippen molar-refractivity contribution in [3.63, 3.8) is 0 Å². The third kappa shape index (κ3) is 21.2. The number of unbranched alkanes of at least 4 members (excludes halogenated alkanes) is 2. The predicted octanol–water partition coefficient (Wildman–Crippen LogP) is 4.59. The molecule has 4 aliphatic rings. The van der Waals surface area contributed by atoms with Gasteiger partial charge >= 0.3 is 23.9 Å². The van der Waals surface area contributed by atoms with Gasteiger partial charge in [0.15, 0.2) is 17.2 Å². The lowest BCUT2D eigenvalue weighted by Gasteiger charge is -2.67. The van der Waals surface area contributed by atoms with Crippen LogP contribution in [0.15, 0.2) is 102 Å². The lowest BCUT2D eigenvalue weighted by atomic mass is 9.43. The second-order valence-electron chi connectivity index (χ2n) is 29.3. The van der Waals surface area contributed by atoms with Gasteiger partial charge in [-0.25, -0.2) is 9.59 Å². The van der Waals surface area contributed by atoms with Crippen molar-refractivity contribution in [3.8, 4) is 0 Å². The maximum Gasteiger partial charge on any atom is 0.350 e. The van der Waals surface area contributed by atoms with Crippen molar-refractivity contribution in [1.82, 2.24) is 31.9 Å². The van der Waals surface area contributed by atoms with Gasteiger partial charge in [0.1, 0.15) is 59.1 Å². The van der Waals surface area contributed by atoms with Crippen molar-refractivity contribution in [2.24, 2.45) is 22.7 Å². The van der Waals surface area contributed by atoms with E-state index in [9.17, 15) is 72.9 Å². The molecule has 7 rings (SSSR count). The van der Waals surface area contributed by atoms with E-state index in [1.807, 2.05) is 0 Å². The van der Waals surface area contributed by atoms with Crippen molar-refractivity contribution in [1.29, 1.82) is 0 Å². The third-order valence-electron chi connectivity index (χ3n) is 21.3. The number of rotatable bonds is 40. The average Bonchev–Trinajstić information content (AvgIpc) is 0.670. The number of fused-ring (bicyclic) bond motifs is 5. The first kappa shape index (κ1) is 85.2. The molecule has 9 N–H and O–H groups in total. The van der Waals surface area contributed by atoms with E-state index in [-0.39, 0.29) is 115 Å². The van der Waals surface area contributed by atoms with Crippen LogP contribution in [-0.2, 0) is 81.2 Å². The normalized spacial score (nSPS) is 24.3. The molecule has 0 aromatic heterocycles. The minimum Gasteiger partial charge on any atom is -0.455 e. The minimum atomic E-state index is -2.41. The van der Waals surface area contributed by atoms with Crippen molar-refractivity contribution < 1.29 is 106 Å². The largest absolute Gasteiger partial charge is 0.455 e. The first-order chi connectivity index (χ1) is 50.6. The molecule has 5 unspecified atom stereocenters. The number of benzene rings is 3. The van der Waals surface area contributed by atoms with E-state index in [0.29, 0.717) is 38.6 Å². The average molecular weight is 1490 g/mol. The smallest absolute Gasteiger partial charge is 0.350 e. The number of aliphatic hydroxyl groups excluding tert-OH is 2. The lowest BCUT2D eigenvalue weighted by molar-refractivity contribution is -0.345. The number of hydrogen-bond acceptors (Lipinski definition) is 24. The molecule has 1 saturated heterocycles. The summed E-state index contributed by atoms with van der Waals surface area (Å²) in [5.41, 5.74) is -6.80. The Morgan fingerprint density at radius 3 is 1.72 bits per heavy atom. The van der Waals surface area contributed by atoms with E-state index in [4.69, 9.17) is 23.7 Å². The number of esters is 4. The first-order valence-corrected chi connectivity index (χ1v) is 36.6. The Bertz CT molecular complexity index is 3770. The maximum absolute atomic E-state index is 15.7. The molecule has 1 heterocycles. The summed E-state index contributed by atoms with van der Waals surface area (Å²) in [6.07, 6.45) is -9.53. The zero-order valence-corrected chi connectivity index (χ0v) is 62.6. The molecule has 3 aromatic rings. The van der Waals surface area contributed by atoms with Crippen LogP contribution in [0.25, 0.3) is 0 Å². The fourth-order valence-electron chi connectivity index (χ4n) is 15.3. The van der Waals surface area contributed by atoms with E-state index >= 15 is 9.59 Å². The number of ketones is 6. The van der Waals surface area contributed by atoms with Crippen molar-refractivity contribution >= 4 is 82.2 Å². The molecular weight excluding hydrogens is 1380 g/mol. The molecule has 2 bridgehead atoms. The summed E-state index contributed by atoms with van der Waals surface area (Å²) in [7, 11) is 0. The second kappa shape index (κ2) is 38.1.